The lowest BCUT2D eigenvalue weighted by Gasteiger charge is -2.31. The van der Waals surface area contributed by atoms with Crippen molar-refractivity contribution in [2.24, 2.45) is 0 Å². The molecular weight excluding hydrogens is 621 g/mol. The van der Waals surface area contributed by atoms with E-state index < -0.39 is 17.8 Å². The van der Waals surface area contributed by atoms with Crippen LogP contribution < -0.4 is 10.6 Å². The second kappa shape index (κ2) is 14.9. The molecule has 0 spiro atoms. The molecule has 0 fully saturated rings. The van der Waals surface area contributed by atoms with Gasteiger partial charge >= 0.3 is 6.18 Å². The normalized spacial score (nSPS) is 11.9. The molecule has 0 aliphatic rings. The Morgan fingerprint density at radius 2 is 1.74 bits per heavy atom. The monoisotopic (exact) mass is 654 g/mol. The number of anilines is 1. The van der Waals surface area contributed by atoms with Gasteiger partial charge in [-0.15, -0.1) is 0 Å². The highest BCUT2D eigenvalue weighted by Crippen LogP contribution is 2.32. The summed E-state index contributed by atoms with van der Waals surface area (Å²) in [7, 11) is 0. The van der Waals surface area contributed by atoms with Crippen molar-refractivity contribution in [1.82, 2.24) is 19.8 Å². The number of nitrogens with zero attached hydrogens (tertiary/aromatic N) is 4. The molecule has 1 aromatic heterocycles. The van der Waals surface area contributed by atoms with Gasteiger partial charge in [0, 0.05) is 43.3 Å². The fourth-order valence-corrected chi connectivity index (χ4v) is 5.59. The zero-order valence-electron chi connectivity index (χ0n) is 25.7. The van der Waals surface area contributed by atoms with Crippen LogP contribution in [0.3, 0.4) is 0 Å². The highest BCUT2D eigenvalue weighted by atomic mass is 32.1. The number of thiocarbonyl (C=S) groups is 1. The van der Waals surface area contributed by atoms with Crippen LogP contribution in [0, 0.1) is 11.3 Å². The number of halogens is 3. The van der Waals surface area contributed by atoms with Gasteiger partial charge in [0.05, 0.1) is 29.9 Å². The molecule has 4 aromatic carbocycles. The Balaban J connectivity index is 1.31. The van der Waals surface area contributed by atoms with Gasteiger partial charge in [0.15, 0.2) is 5.11 Å². The summed E-state index contributed by atoms with van der Waals surface area (Å²) in [6.07, 6.45) is -0.674. The van der Waals surface area contributed by atoms with Gasteiger partial charge in [0.25, 0.3) is 0 Å². The lowest BCUT2D eigenvalue weighted by atomic mass is 10.1. The first kappa shape index (κ1) is 33.2. The summed E-state index contributed by atoms with van der Waals surface area (Å²) >= 11 is 5.78. The minimum Gasteiger partial charge on any atom is -0.351 e. The van der Waals surface area contributed by atoms with Gasteiger partial charge in [-0.25, -0.2) is 4.98 Å². The number of benzene rings is 4. The number of alkyl halides is 3. The maximum Gasteiger partial charge on any atom is 0.416 e. The minimum absolute atomic E-state index is 0.0590. The fraction of sp³-hybridized carbons (Fsp3) is 0.222. The van der Waals surface area contributed by atoms with Crippen LogP contribution in [0.25, 0.3) is 10.8 Å². The van der Waals surface area contributed by atoms with Crippen LogP contribution in [0.1, 0.15) is 41.3 Å². The number of fused-ring (bicyclic) bond motifs is 1. The predicted octanol–water partition coefficient (Wildman–Crippen LogP) is 7.31. The fourth-order valence-electron chi connectivity index (χ4n) is 5.33. The third kappa shape index (κ3) is 8.74. The predicted molar refractivity (Wildman–Crippen MR) is 180 cm³/mol. The molecule has 0 unspecified atom stereocenters. The largest absolute Gasteiger partial charge is 0.416 e. The number of carbonyl (C=O) groups excluding carboxylic acids is 1. The van der Waals surface area contributed by atoms with Crippen LogP contribution in [-0.4, -0.2) is 38.1 Å². The van der Waals surface area contributed by atoms with Crippen LogP contribution in [0.4, 0.5) is 18.9 Å². The Hall–Kier alpha value is -5.21. The van der Waals surface area contributed by atoms with Crippen LogP contribution in [0.2, 0.25) is 0 Å². The molecule has 11 heteroatoms. The molecule has 0 radical (unpaired) electrons. The smallest absolute Gasteiger partial charge is 0.351 e. The molecule has 0 aliphatic heterocycles. The molecular formula is C36H33F3N6OS. The molecule has 0 aliphatic carbocycles. The van der Waals surface area contributed by atoms with Gasteiger partial charge in [-0.2, -0.15) is 18.4 Å². The number of nitrogens with one attached hydrogen (secondary N) is 2. The van der Waals surface area contributed by atoms with E-state index in [0.29, 0.717) is 29.9 Å². The average molecular weight is 655 g/mol. The van der Waals surface area contributed by atoms with E-state index in [1.165, 1.54) is 12.1 Å². The average Bonchev–Trinajstić information content (AvgIpc) is 3.49. The maximum atomic E-state index is 13.9. The molecule has 1 heterocycles. The van der Waals surface area contributed by atoms with Gasteiger partial charge in [0.1, 0.15) is 0 Å². The number of hydrogen-bond acceptors (Lipinski definition) is 4. The molecule has 5 aromatic rings. The van der Waals surface area contributed by atoms with E-state index >= 15 is 0 Å². The SMILES string of the molecule is CC[C@@H](CN(Cc1ccccc1C(F)(F)F)C(=S)Nc1ccc2ccccc2c1)NC(=O)Cc1cncn1Cc1ccc(C#N)cc1. The van der Waals surface area contributed by atoms with Crippen molar-refractivity contribution >= 4 is 39.7 Å². The lowest BCUT2D eigenvalue weighted by Crippen LogP contribution is -2.47. The molecule has 47 heavy (non-hydrogen) atoms. The van der Waals surface area contributed by atoms with Crippen molar-refractivity contribution in [2.75, 3.05) is 11.9 Å². The van der Waals surface area contributed by atoms with E-state index in [-0.39, 0.29) is 36.1 Å². The number of hydrogen-bond donors (Lipinski definition) is 2. The third-order valence-electron chi connectivity index (χ3n) is 7.85. The van der Waals surface area contributed by atoms with E-state index in [0.717, 1.165) is 22.4 Å². The summed E-state index contributed by atoms with van der Waals surface area (Å²) in [6, 6.07) is 27.9. The van der Waals surface area contributed by atoms with E-state index in [1.54, 1.807) is 35.6 Å². The van der Waals surface area contributed by atoms with Gasteiger partial charge in [-0.05, 0) is 70.9 Å². The zero-order chi connectivity index (χ0) is 33.4. The quantitative estimate of drug-likeness (QED) is 0.145. The van der Waals surface area contributed by atoms with Crippen molar-refractivity contribution in [3.05, 3.63) is 131 Å². The van der Waals surface area contributed by atoms with Crippen LogP contribution >= 0.6 is 12.2 Å². The standard InChI is InChI=1S/C36H33F3N6OS/c1-2-30(42-34(46)18-32-20-41-24-45(32)21-26-13-11-25(19-40)12-14-26)23-44(22-29-9-5-6-10-33(29)36(37,38)39)35(47)43-31-16-15-27-7-3-4-8-28(27)17-31/h3-17,20,24,30H,2,18,21-23H2,1H3,(H,42,46)(H,43,47)/t30-/m0/s1. The molecule has 240 valence electrons. The van der Waals surface area contributed by atoms with Gasteiger partial charge in [0.2, 0.25) is 5.91 Å². The number of nitriles is 1. The molecule has 1 atom stereocenters. The summed E-state index contributed by atoms with van der Waals surface area (Å²) in [6.45, 7) is 2.45. The highest BCUT2D eigenvalue weighted by molar-refractivity contribution is 7.80. The first-order chi connectivity index (χ1) is 22.6. The Morgan fingerprint density at radius 3 is 2.47 bits per heavy atom. The molecule has 0 saturated carbocycles. The van der Waals surface area contributed by atoms with Crippen molar-refractivity contribution in [3.63, 3.8) is 0 Å². The maximum absolute atomic E-state index is 13.9. The van der Waals surface area contributed by atoms with E-state index in [4.69, 9.17) is 17.5 Å². The summed E-state index contributed by atoms with van der Waals surface area (Å²) in [5.41, 5.74) is 2.27. The van der Waals surface area contributed by atoms with Crippen LogP contribution in [0.15, 0.2) is 104 Å². The summed E-state index contributed by atoms with van der Waals surface area (Å²) in [5.74, 6) is -0.248. The lowest BCUT2D eigenvalue weighted by molar-refractivity contribution is -0.138. The van der Waals surface area contributed by atoms with Gasteiger partial charge in [-0.3, -0.25) is 4.79 Å². The van der Waals surface area contributed by atoms with Crippen LogP contribution in [-0.2, 0) is 30.5 Å². The highest BCUT2D eigenvalue weighted by Gasteiger charge is 2.33. The molecule has 5 rings (SSSR count). The number of imidazole rings is 1. The molecule has 2 N–H and O–H groups in total. The van der Waals surface area contributed by atoms with Crippen molar-refractivity contribution < 1.29 is 18.0 Å². The molecule has 0 saturated heterocycles. The first-order valence-electron chi connectivity index (χ1n) is 15.1. The Bertz CT molecular complexity index is 1900. The number of amides is 1. The summed E-state index contributed by atoms with van der Waals surface area (Å²) in [5, 5.41) is 17.6. The number of carbonyl (C=O) groups is 1. The second-order valence-corrected chi connectivity index (χ2v) is 11.6. The summed E-state index contributed by atoms with van der Waals surface area (Å²) < 4.78 is 43.7. The Morgan fingerprint density at radius 1 is 1.02 bits per heavy atom. The van der Waals surface area contributed by atoms with Crippen molar-refractivity contribution in [3.8, 4) is 6.07 Å². The van der Waals surface area contributed by atoms with Gasteiger partial charge in [-0.1, -0.05) is 67.6 Å². The van der Waals surface area contributed by atoms with E-state index in [9.17, 15) is 18.0 Å². The van der Waals surface area contributed by atoms with E-state index in [1.807, 2.05) is 66.1 Å². The molecule has 0 bridgehead atoms. The number of rotatable bonds is 11. The molecule has 1 amide bonds. The molecule has 7 nitrogen and oxygen atoms in total. The summed E-state index contributed by atoms with van der Waals surface area (Å²) in [4.78, 5) is 19.2. The zero-order valence-corrected chi connectivity index (χ0v) is 26.5. The topological polar surface area (TPSA) is 86.0 Å². The van der Waals surface area contributed by atoms with E-state index in [2.05, 4.69) is 21.7 Å². The second-order valence-electron chi connectivity index (χ2n) is 11.2. The van der Waals surface area contributed by atoms with Gasteiger partial charge < -0.3 is 20.1 Å². The Kier molecular flexibility index (Phi) is 10.5. The number of aromatic nitrogens is 2. The minimum atomic E-state index is -4.53. The first-order valence-corrected chi connectivity index (χ1v) is 15.5. The van der Waals surface area contributed by atoms with Crippen molar-refractivity contribution in [2.45, 2.75) is 45.1 Å². The Labute approximate surface area is 276 Å². The van der Waals surface area contributed by atoms with Crippen molar-refractivity contribution in [1.29, 1.82) is 5.26 Å². The third-order valence-corrected chi connectivity index (χ3v) is 8.21. The van der Waals surface area contributed by atoms with Crippen LogP contribution in [0.5, 0.6) is 0 Å².